The summed E-state index contributed by atoms with van der Waals surface area (Å²) in [4.78, 5) is 25.1. The van der Waals surface area contributed by atoms with E-state index in [1.807, 2.05) is 4.90 Å². The summed E-state index contributed by atoms with van der Waals surface area (Å²) in [6.07, 6.45) is 1.85. The smallest absolute Gasteiger partial charge is 0.290 e. The second kappa shape index (κ2) is 4.85. The molecule has 6 heteroatoms. The van der Waals surface area contributed by atoms with Crippen molar-refractivity contribution in [1.29, 1.82) is 0 Å². The molecular formula is C11H16N2O4. The van der Waals surface area contributed by atoms with Crippen LogP contribution in [0.15, 0.2) is 15.4 Å². The Balaban J connectivity index is 2.07. The van der Waals surface area contributed by atoms with Gasteiger partial charge in [0.05, 0.1) is 13.2 Å². The molecule has 0 amide bonds. The fourth-order valence-corrected chi connectivity index (χ4v) is 2.17. The first-order chi connectivity index (χ1) is 8.11. The molecule has 0 aromatic carbocycles. The lowest BCUT2D eigenvalue weighted by Gasteiger charge is -2.20. The van der Waals surface area contributed by atoms with Crippen LogP contribution >= 0.6 is 0 Å². The summed E-state index contributed by atoms with van der Waals surface area (Å²) in [6.45, 7) is 2.54. The maximum absolute atomic E-state index is 11.8. The van der Waals surface area contributed by atoms with Gasteiger partial charge >= 0.3 is 0 Å². The van der Waals surface area contributed by atoms with E-state index in [1.54, 1.807) is 6.92 Å². The van der Waals surface area contributed by atoms with Crippen molar-refractivity contribution < 1.29 is 14.4 Å². The molecule has 1 aliphatic rings. The third-order valence-electron chi connectivity index (χ3n) is 3.04. The van der Waals surface area contributed by atoms with E-state index in [0.29, 0.717) is 5.76 Å². The maximum atomic E-state index is 11.8. The molecule has 1 aromatic rings. The molecule has 1 N–H and O–H groups in total. The highest BCUT2D eigenvalue weighted by molar-refractivity contribution is 5.79. The Morgan fingerprint density at radius 2 is 2.41 bits per heavy atom. The third-order valence-corrected chi connectivity index (χ3v) is 3.04. The van der Waals surface area contributed by atoms with Crippen molar-refractivity contribution in [2.45, 2.75) is 25.8 Å². The molecule has 2 heterocycles. The molecule has 0 saturated carbocycles. The number of hydrogen-bond donors (Lipinski definition) is 1. The van der Waals surface area contributed by atoms with E-state index in [2.05, 4.69) is 0 Å². The van der Waals surface area contributed by atoms with Crippen LogP contribution in [0, 0.1) is 6.92 Å². The number of rotatable bonds is 3. The summed E-state index contributed by atoms with van der Waals surface area (Å²) in [5.41, 5.74) is -0.438. The zero-order chi connectivity index (χ0) is 12.4. The van der Waals surface area contributed by atoms with Crippen molar-refractivity contribution in [2.75, 3.05) is 19.7 Å². The van der Waals surface area contributed by atoms with Crippen molar-refractivity contribution in [3.05, 3.63) is 22.2 Å². The first kappa shape index (κ1) is 12.1. The van der Waals surface area contributed by atoms with Gasteiger partial charge in [0.2, 0.25) is 0 Å². The first-order valence-electron chi connectivity index (χ1n) is 5.70. The molecule has 1 saturated heterocycles. The Kier molecular flexibility index (Phi) is 3.44. The highest BCUT2D eigenvalue weighted by Gasteiger charge is 2.26. The average Bonchev–Trinajstić information content (AvgIpc) is 2.84. The van der Waals surface area contributed by atoms with Gasteiger partial charge in [0, 0.05) is 12.1 Å². The Labute approximate surface area is 98.4 Å². The summed E-state index contributed by atoms with van der Waals surface area (Å²) in [5, 5.41) is 9.13. The molecule has 6 nitrogen and oxygen atoms in total. The van der Waals surface area contributed by atoms with Crippen LogP contribution in [0.4, 0.5) is 0 Å². The zero-order valence-corrected chi connectivity index (χ0v) is 9.76. The van der Waals surface area contributed by atoms with Crippen molar-refractivity contribution in [2.24, 2.45) is 0 Å². The number of aromatic nitrogens is 1. The average molecular weight is 240 g/mol. The van der Waals surface area contributed by atoms with E-state index < -0.39 is 5.56 Å². The lowest BCUT2D eigenvalue weighted by molar-refractivity contribution is 0.0678. The van der Waals surface area contributed by atoms with E-state index in [9.17, 15) is 9.59 Å². The molecule has 94 valence electrons. The molecule has 1 aromatic heterocycles. The largest absolute Gasteiger partial charge is 0.395 e. The van der Waals surface area contributed by atoms with Crippen LogP contribution in [0.5, 0.6) is 0 Å². The van der Waals surface area contributed by atoms with Crippen LogP contribution < -0.4 is 5.56 Å². The molecule has 2 rings (SSSR count). The number of hydrogen-bond acceptors (Lipinski definition) is 5. The molecule has 1 fully saturated rings. The normalized spacial score (nSPS) is 20.9. The third kappa shape index (κ3) is 2.48. The van der Waals surface area contributed by atoms with Crippen molar-refractivity contribution in [3.8, 4) is 0 Å². The van der Waals surface area contributed by atoms with Crippen LogP contribution in [-0.4, -0.2) is 46.4 Å². The second-order valence-corrected chi connectivity index (χ2v) is 4.32. The highest BCUT2D eigenvalue weighted by atomic mass is 16.5. The standard InChI is InChI=1S/C11H16N2O4/c1-8-5-10(15)13(17-8)11(16)6-12-4-2-3-9(12)7-14/h5,9,14H,2-4,6-7H2,1H3. The van der Waals surface area contributed by atoms with E-state index in [-0.39, 0.29) is 25.1 Å². The molecular weight excluding hydrogens is 224 g/mol. The number of aliphatic hydroxyl groups is 1. The molecule has 1 atom stereocenters. The van der Waals surface area contributed by atoms with E-state index >= 15 is 0 Å². The lowest BCUT2D eigenvalue weighted by atomic mass is 10.2. The van der Waals surface area contributed by atoms with Crippen LogP contribution in [0.1, 0.15) is 23.4 Å². The Morgan fingerprint density at radius 1 is 1.65 bits per heavy atom. The Hall–Kier alpha value is -1.40. The first-order valence-corrected chi connectivity index (χ1v) is 5.70. The van der Waals surface area contributed by atoms with Crippen molar-refractivity contribution in [1.82, 2.24) is 9.64 Å². The number of nitrogens with zero attached hydrogens (tertiary/aromatic N) is 2. The summed E-state index contributed by atoms with van der Waals surface area (Å²) in [6, 6.07) is 1.30. The quantitative estimate of drug-likeness (QED) is 0.795. The number of carbonyl (C=O) groups is 1. The van der Waals surface area contributed by atoms with Crippen LogP contribution in [0.2, 0.25) is 0 Å². The summed E-state index contributed by atoms with van der Waals surface area (Å²) >= 11 is 0. The zero-order valence-electron chi connectivity index (χ0n) is 9.76. The van der Waals surface area contributed by atoms with Crippen LogP contribution in [0.25, 0.3) is 0 Å². The molecule has 17 heavy (non-hydrogen) atoms. The van der Waals surface area contributed by atoms with Gasteiger partial charge in [-0.1, -0.05) is 0 Å². The SMILES string of the molecule is Cc1cc(=O)n(C(=O)CN2CCCC2CO)o1. The van der Waals surface area contributed by atoms with Crippen molar-refractivity contribution in [3.63, 3.8) is 0 Å². The lowest BCUT2D eigenvalue weighted by Crippen LogP contribution is -2.39. The molecule has 0 aliphatic carbocycles. The minimum Gasteiger partial charge on any atom is -0.395 e. The molecule has 1 aliphatic heterocycles. The molecule has 0 bridgehead atoms. The van der Waals surface area contributed by atoms with Gasteiger partial charge in [-0.15, -0.1) is 4.74 Å². The van der Waals surface area contributed by atoms with Crippen LogP contribution in [-0.2, 0) is 0 Å². The van der Waals surface area contributed by atoms with Gasteiger partial charge in [0.25, 0.3) is 11.5 Å². The van der Waals surface area contributed by atoms with E-state index in [0.717, 1.165) is 24.1 Å². The van der Waals surface area contributed by atoms with E-state index in [4.69, 9.17) is 9.63 Å². The molecule has 0 spiro atoms. The second-order valence-electron chi connectivity index (χ2n) is 4.32. The Morgan fingerprint density at radius 3 is 3.00 bits per heavy atom. The predicted molar refractivity (Wildman–Crippen MR) is 60.0 cm³/mol. The van der Waals surface area contributed by atoms with Gasteiger partial charge in [-0.25, -0.2) is 0 Å². The maximum Gasteiger partial charge on any atom is 0.290 e. The van der Waals surface area contributed by atoms with Gasteiger partial charge in [0.15, 0.2) is 0 Å². The van der Waals surface area contributed by atoms with Gasteiger partial charge in [0.1, 0.15) is 5.76 Å². The van der Waals surface area contributed by atoms with Gasteiger partial charge in [-0.05, 0) is 26.3 Å². The summed E-state index contributed by atoms with van der Waals surface area (Å²) in [5.74, 6) is 0.0342. The number of carbonyl (C=O) groups excluding carboxylic acids is 1. The summed E-state index contributed by atoms with van der Waals surface area (Å²) < 4.78 is 5.80. The Bertz CT molecular complexity index is 462. The van der Waals surface area contributed by atoms with Crippen molar-refractivity contribution >= 4 is 5.91 Å². The van der Waals surface area contributed by atoms with Crippen LogP contribution in [0.3, 0.4) is 0 Å². The monoisotopic (exact) mass is 240 g/mol. The topological polar surface area (TPSA) is 75.7 Å². The van der Waals surface area contributed by atoms with E-state index in [1.165, 1.54) is 6.07 Å². The molecule has 0 radical (unpaired) electrons. The van der Waals surface area contributed by atoms with Gasteiger partial charge < -0.3 is 9.63 Å². The van der Waals surface area contributed by atoms with Gasteiger partial charge in [-0.2, -0.15) is 0 Å². The van der Waals surface area contributed by atoms with Gasteiger partial charge in [-0.3, -0.25) is 14.5 Å². The fraction of sp³-hybridized carbons (Fsp3) is 0.636. The number of likely N-dealkylation sites (tertiary alicyclic amines) is 1. The minimum atomic E-state index is -0.438. The fourth-order valence-electron chi connectivity index (χ4n) is 2.17. The molecule has 1 unspecified atom stereocenters. The minimum absolute atomic E-state index is 0.0192. The number of aryl methyl sites for hydroxylation is 1. The summed E-state index contributed by atoms with van der Waals surface area (Å²) in [7, 11) is 0. The predicted octanol–water partition coefficient (Wildman–Crippen LogP) is -0.153. The number of aliphatic hydroxyl groups excluding tert-OH is 1. The highest BCUT2D eigenvalue weighted by Crippen LogP contribution is 2.16.